The Balaban J connectivity index is 1.65. The van der Waals surface area contributed by atoms with Crippen LogP contribution in [0.5, 0.6) is 5.75 Å². The first-order chi connectivity index (χ1) is 17.0. The Morgan fingerprint density at radius 3 is 2.11 bits per heavy atom. The molecule has 0 saturated carbocycles. The number of thiocarbonyl (C=S) groups is 1. The van der Waals surface area contributed by atoms with Gasteiger partial charge in [0.05, 0.1) is 18.4 Å². The third kappa shape index (κ3) is 6.67. The summed E-state index contributed by atoms with van der Waals surface area (Å²) in [6.45, 7) is 6.30. The average molecular weight is 506 g/mol. The Morgan fingerprint density at radius 1 is 0.833 bits per heavy atom. The van der Waals surface area contributed by atoms with Gasteiger partial charge < -0.3 is 20.5 Å². The van der Waals surface area contributed by atoms with E-state index in [2.05, 4.69) is 36.7 Å². The number of amides is 2. The second-order valence-corrected chi connectivity index (χ2v) is 9.40. The second-order valence-electron chi connectivity index (χ2n) is 8.99. The average Bonchev–Trinajstić information content (AvgIpc) is 2.84. The van der Waals surface area contributed by atoms with Gasteiger partial charge in [0.1, 0.15) is 5.75 Å². The molecule has 0 heterocycles. The van der Waals surface area contributed by atoms with Gasteiger partial charge in [-0.05, 0) is 65.7 Å². The summed E-state index contributed by atoms with van der Waals surface area (Å²) in [4.78, 5) is 36.3. The summed E-state index contributed by atoms with van der Waals surface area (Å²) in [6.07, 6.45) is 0. The molecule has 8 nitrogen and oxygen atoms in total. The number of carboxylic acid groups (broad SMARTS) is 1. The van der Waals surface area contributed by atoms with Crippen LogP contribution in [0.15, 0.2) is 66.7 Å². The molecule has 3 rings (SSSR count). The van der Waals surface area contributed by atoms with E-state index in [9.17, 15) is 14.4 Å². The zero-order chi connectivity index (χ0) is 26.5. The molecule has 0 bridgehead atoms. The zero-order valence-electron chi connectivity index (χ0n) is 20.3. The number of anilines is 2. The van der Waals surface area contributed by atoms with Gasteiger partial charge in [0.15, 0.2) is 5.11 Å². The van der Waals surface area contributed by atoms with Crippen molar-refractivity contribution in [1.29, 1.82) is 0 Å². The summed E-state index contributed by atoms with van der Waals surface area (Å²) in [7, 11) is 1.45. The van der Waals surface area contributed by atoms with Crippen LogP contribution in [0.2, 0.25) is 0 Å². The molecule has 36 heavy (non-hydrogen) atoms. The molecule has 0 atom stereocenters. The summed E-state index contributed by atoms with van der Waals surface area (Å²) in [6, 6.07) is 17.9. The van der Waals surface area contributed by atoms with Gasteiger partial charge in [0.25, 0.3) is 11.8 Å². The molecule has 0 radical (unpaired) electrons. The van der Waals surface area contributed by atoms with Gasteiger partial charge in [-0.25, -0.2) is 4.79 Å². The van der Waals surface area contributed by atoms with Crippen molar-refractivity contribution in [3.05, 3.63) is 89.0 Å². The third-order valence-electron chi connectivity index (χ3n) is 5.32. The maximum absolute atomic E-state index is 12.6. The van der Waals surface area contributed by atoms with Gasteiger partial charge in [-0.3, -0.25) is 14.9 Å². The molecular weight excluding hydrogens is 478 g/mol. The zero-order valence-corrected chi connectivity index (χ0v) is 21.2. The van der Waals surface area contributed by atoms with Gasteiger partial charge in [0, 0.05) is 22.9 Å². The predicted octanol–water partition coefficient (Wildman–Crippen LogP) is 5.07. The standard InChI is InChI=1S/C27H27N3O5S/c1-27(2,3)19-10-8-16(9-11-19)23(31)30-26(36)28-20-12-13-21(22(15-20)35-4)29-24(32)17-6-5-7-18(14-17)25(33)34/h5-15H,1-4H3,(H,29,32)(H,33,34)(H2,28,30,31,36). The van der Waals surface area contributed by atoms with Crippen molar-refractivity contribution in [2.45, 2.75) is 26.2 Å². The van der Waals surface area contributed by atoms with Crippen LogP contribution in [0.3, 0.4) is 0 Å². The summed E-state index contributed by atoms with van der Waals surface area (Å²) >= 11 is 5.28. The molecule has 0 fully saturated rings. The number of rotatable bonds is 6. The lowest BCUT2D eigenvalue weighted by atomic mass is 9.87. The fourth-order valence-electron chi connectivity index (χ4n) is 3.32. The maximum Gasteiger partial charge on any atom is 0.335 e. The fourth-order valence-corrected chi connectivity index (χ4v) is 3.53. The Labute approximate surface area is 214 Å². The van der Waals surface area contributed by atoms with Gasteiger partial charge in [-0.15, -0.1) is 0 Å². The number of carbonyl (C=O) groups excluding carboxylic acids is 2. The van der Waals surface area contributed by atoms with Crippen molar-refractivity contribution in [2.24, 2.45) is 0 Å². The van der Waals surface area contributed by atoms with E-state index in [-0.39, 0.29) is 27.6 Å². The predicted molar refractivity (Wildman–Crippen MR) is 143 cm³/mol. The summed E-state index contributed by atoms with van der Waals surface area (Å²) in [5, 5.41) is 17.5. The van der Waals surface area contributed by atoms with Crippen molar-refractivity contribution in [1.82, 2.24) is 5.32 Å². The van der Waals surface area contributed by atoms with Crippen LogP contribution in [0.4, 0.5) is 11.4 Å². The first-order valence-electron chi connectivity index (χ1n) is 11.0. The van der Waals surface area contributed by atoms with E-state index in [1.54, 1.807) is 30.3 Å². The molecule has 4 N–H and O–H groups in total. The molecule has 9 heteroatoms. The van der Waals surface area contributed by atoms with Crippen LogP contribution >= 0.6 is 12.2 Å². The SMILES string of the molecule is COc1cc(NC(=S)NC(=O)c2ccc(C(C)(C)C)cc2)ccc1NC(=O)c1cccc(C(=O)O)c1. The molecule has 3 aromatic rings. The highest BCUT2D eigenvalue weighted by molar-refractivity contribution is 7.80. The molecule has 0 aliphatic rings. The van der Waals surface area contributed by atoms with E-state index < -0.39 is 11.9 Å². The number of hydrogen-bond donors (Lipinski definition) is 4. The van der Waals surface area contributed by atoms with Gasteiger partial charge in [0.2, 0.25) is 0 Å². The summed E-state index contributed by atoms with van der Waals surface area (Å²) < 4.78 is 5.38. The minimum Gasteiger partial charge on any atom is -0.494 e. The first-order valence-corrected chi connectivity index (χ1v) is 11.4. The van der Waals surface area contributed by atoms with E-state index in [0.29, 0.717) is 22.7 Å². The third-order valence-corrected chi connectivity index (χ3v) is 5.52. The van der Waals surface area contributed by atoms with Crippen molar-refractivity contribution < 1.29 is 24.2 Å². The largest absolute Gasteiger partial charge is 0.494 e. The van der Waals surface area contributed by atoms with E-state index in [4.69, 9.17) is 22.1 Å². The van der Waals surface area contributed by atoms with Crippen molar-refractivity contribution in [3.63, 3.8) is 0 Å². The Bertz CT molecular complexity index is 1310. The number of hydrogen-bond acceptors (Lipinski definition) is 5. The smallest absolute Gasteiger partial charge is 0.335 e. The first kappa shape index (κ1) is 26.4. The van der Waals surface area contributed by atoms with E-state index >= 15 is 0 Å². The molecule has 0 saturated heterocycles. The number of nitrogens with one attached hydrogen (secondary N) is 3. The van der Waals surface area contributed by atoms with Gasteiger partial charge >= 0.3 is 5.97 Å². The number of carbonyl (C=O) groups is 3. The molecule has 0 aromatic heterocycles. The fraction of sp³-hybridized carbons (Fsp3) is 0.185. The molecule has 2 amide bonds. The molecule has 0 unspecified atom stereocenters. The van der Waals surface area contributed by atoms with E-state index in [0.717, 1.165) is 5.56 Å². The van der Waals surface area contributed by atoms with Gasteiger partial charge in [-0.1, -0.05) is 39.0 Å². The number of ether oxygens (including phenoxy) is 1. The van der Waals surface area contributed by atoms with Crippen LogP contribution in [-0.2, 0) is 5.41 Å². The summed E-state index contributed by atoms with van der Waals surface area (Å²) in [5.41, 5.74) is 2.70. The van der Waals surface area contributed by atoms with Crippen molar-refractivity contribution in [2.75, 3.05) is 17.7 Å². The minimum atomic E-state index is -1.12. The van der Waals surface area contributed by atoms with Crippen molar-refractivity contribution in [3.8, 4) is 5.75 Å². The van der Waals surface area contributed by atoms with Crippen LogP contribution in [-0.4, -0.2) is 35.1 Å². The van der Waals surface area contributed by atoms with Crippen LogP contribution in [0, 0.1) is 0 Å². The second kappa shape index (κ2) is 11.0. The molecule has 186 valence electrons. The monoisotopic (exact) mass is 505 g/mol. The number of benzene rings is 3. The summed E-state index contributed by atoms with van der Waals surface area (Å²) in [5.74, 6) is -1.61. The Morgan fingerprint density at radius 2 is 1.50 bits per heavy atom. The van der Waals surface area contributed by atoms with Crippen molar-refractivity contribution >= 4 is 46.5 Å². The van der Waals surface area contributed by atoms with Gasteiger partial charge in [-0.2, -0.15) is 0 Å². The topological polar surface area (TPSA) is 117 Å². The lowest BCUT2D eigenvalue weighted by molar-refractivity contribution is 0.0696. The minimum absolute atomic E-state index is 0.00914. The lowest BCUT2D eigenvalue weighted by Crippen LogP contribution is -2.34. The van der Waals surface area contributed by atoms with Crippen LogP contribution in [0.25, 0.3) is 0 Å². The highest BCUT2D eigenvalue weighted by Gasteiger charge is 2.16. The maximum atomic E-state index is 12.6. The highest BCUT2D eigenvalue weighted by Crippen LogP contribution is 2.28. The quantitative estimate of drug-likeness (QED) is 0.346. The Hall–Kier alpha value is -4.24. The normalized spacial score (nSPS) is 10.8. The molecule has 0 aliphatic carbocycles. The number of methoxy groups -OCH3 is 1. The number of aromatic carboxylic acids is 1. The van der Waals surface area contributed by atoms with E-state index in [1.165, 1.54) is 31.4 Å². The molecular formula is C27H27N3O5S. The number of carboxylic acids is 1. The van der Waals surface area contributed by atoms with Crippen LogP contribution in [0.1, 0.15) is 57.4 Å². The highest BCUT2D eigenvalue weighted by atomic mass is 32.1. The molecule has 0 spiro atoms. The molecule has 3 aromatic carbocycles. The lowest BCUT2D eigenvalue weighted by Gasteiger charge is -2.19. The molecule has 0 aliphatic heterocycles. The van der Waals surface area contributed by atoms with E-state index in [1.807, 2.05) is 12.1 Å². The van der Waals surface area contributed by atoms with Crippen LogP contribution < -0.4 is 20.7 Å². The Kier molecular flexibility index (Phi) is 8.06.